The van der Waals surface area contributed by atoms with E-state index in [1.807, 2.05) is 41.5 Å². The van der Waals surface area contributed by atoms with E-state index >= 15 is 0 Å². The van der Waals surface area contributed by atoms with Crippen molar-refractivity contribution in [2.75, 3.05) is 52.5 Å². The number of morpholine rings is 1. The van der Waals surface area contributed by atoms with Crippen molar-refractivity contribution in [1.29, 1.82) is 0 Å². The van der Waals surface area contributed by atoms with Gasteiger partial charge in [0.2, 0.25) is 0 Å². The number of hydrogen-bond acceptors (Lipinski definition) is 7. The van der Waals surface area contributed by atoms with Gasteiger partial charge in [-0.25, -0.2) is 4.98 Å². The minimum absolute atomic E-state index is 0.0197. The smallest absolute Gasteiger partial charge is 0.273 e. The fourth-order valence-corrected chi connectivity index (χ4v) is 4.93. The lowest BCUT2D eigenvalue weighted by atomic mass is 9.89. The number of carbonyl (C=O) groups is 1. The number of likely N-dealkylation sites (tertiary alicyclic amines) is 1. The van der Waals surface area contributed by atoms with Crippen molar-refractivity contribution >= 4 is 17.2 Å². The maximum atomic E-state index is 12.8. The highest BCUT2D eigenvalue weighted by Gasteiger charge is 2.41. The normalized spacial score (nSPS) is 19.0. The number of amides is 1. The molecule has 2 aliphatic rings. The molecule has 1 N–H and O–H groups in total. The molecule has 2 saturated heterocycles. The van der Waals surface area contributed by atoms with Crippen LogP contribution in [0.2, 0.25) is 0 Å². The van der Waals surface area contributed by atoms with Crippen molar-refractivity contribution in [2.24, 2.45) is 0 Å². The van der Waals surface area contributed by atoms with Gasteiger partial charge < -0.3 is 19.5 Å². The van der Waals surface area contributed by atoms with Gasteiger partial charge in [-0.1, -0.05) is 12.1 Å². The molecular formula is C23H31N3O4S. The lowest BCUT2D eigenvalue weighted by Gasteiger charge is -2.47. The Bertz CT molecular complexity index is 879. The first kappa shape index (κ1) is 22.2. The number of aromatic nitrogens is 1. The predicted molar refractivity (Wildman–Crippen MR) is 120 cm³/mol. The summed E-state index contributed by atoms with van der Waals surface area (Å²) in [6.45, 7) is 7.29. The predicted octanol–water partition coefficient (Wildman–Crippen LogP) is 2.37. The zero-order valence-electron chi connectivity index (χ0n) is 18.1. The molecule has 2 fully saturated rings. The van der Waals surface area contributed by atoms with Crippen LogP contribution in [0.1, 0.15) is 33.9 Å². The molecule has 1 spiro atoms. The Balaban J connectivity index is 1.24. The zero-order valence-corrected chi connectivity index (χ0v) is 18.9. The molecular weight excluding hydrogens is 414 g/mol. The number of nitrogens with zero attached hydrogens (tertiary/aromatic N) is 3. The second-order valence-corrected chi connectivity index (χ2v) is 9.38. The molecule has 0 aliphatic carbocycles. The monoisotopic (exact) mass is 445 g/mol. The van der Waals surface area contributed by atoms with Crippen LogP contribution in [-0.2, 0) is 11.2 Å². The largest absolute Gasteiger partial charge is 0.492 e. The van der Waals surface area contributed by atoms with Gasteiger partial charge in [-0.3, -0.25) is 9.69 Å². The van der Waals surface area contributed by atoms with E-state index in [1.54, 1.807) is 0 Å². The molecule has 3 heterocycles. The zero-order chi connectivity index (χ0) is 21.7. The van der Waals surface area contributed by atoms with E-state index in [9.17, 15) is 4.79 Å². The van der Waals surface area contributed by atoms with Gasteiger partial charge in [-0.2, -0.15) is 0 Å². The van der Waals surface area contributed by atoms with Crippen LogP contribution in [0.4, 0.5) is 0 Å². The van der Waals surface area contributed by atoms with E-state index in [2.05, 4.69) is 9.88 Å². The standard InChI is InChI=1S/C23H31N3O4S/c1-18-24-21(16-31-18)22(28)26-11-14-30-23(17-26)6-8-25(9-7-23)10-13-29-20-4-2-3-19(15-20)5-12-27/h2-4,15-16,27H,5-14,17H2,1H3. The number of benzene rings is 1. The van der Waals surface area contributed by atoms with Crippen LogP contribution in [0, 0.1) is 6.92 Å². The molecule has 1 aromatic carbocycles. The van der Waals surface area contributed by atoms with Crippen molar-refractivity contribution in [3.8, 4) is 5.75 Å². The minimum atomic E-state index is -0.241. The van der Waals surface area contributed by atoms with E-state index in [4.69, 9.17) is 14.6 Å². The van der Waals surface area contributed by atoms with Gasteiger partial charge in [0.25, 0.3) is 5.91 Å². The Morgan fingerprint density at radius 3 is 2.90 bits per heavy atom. The molecule has 0 unspecified atom stereocenters. The molecule has 7 nitrogen and oxygen atoms in total. The topological polar surface area (TPSA) is 75.1 Å². The quantitative estimate of drug-likeness (QED) is 0.705. The highest BCUT2D eigenvalue weighted by atomic mass is 32.1. The first-order valence-corrected chi connectivity index (χ1v) is 11.9. The van der Waals surface area contributed by atoms with Gasteiger partial charge in [0.05, 0.1) is 23.8 Å². The molecule has 2 aliphatic heterocycles. The molecule has 168 valence electrons. The minimum Gasteiger partial charge on any atom is -0.492 e. The summed E-state index contributed by atoms with van der Waals surface area (Å²) in [6.07, 6.45) is 2.48. The number of thiazole rings is 1. The van der Waals surface area contributed by atoms with Gasteiger partial charge in [0.15, 0.2) is 0 Å². The van der Waals surface area contributed by atoms with Crippen molar-refractivity contribution in [3.63, 3.8) is 0 Å². The third-order valence-electron chi connectivity index (χ3n) is 6.12. The van der Waals surface area contributed by atoms with Gasteiger partial charge in [0.1, 0.15) is 18.1 Å². The van der Waals surface area contributed by atoms with Crippen molar-refractivity contribution in [1.82, 2.24) is 14.8 Å². The first-order valence-electron chi connectivity index (χ1n) is 11.0. The lowest BCUT2D eigenvalue weighted by Crippen LogP contribution is -2.58. The van der Waals surface area contributed by atoms with Crippen LogP contribution in [0.5, 0.6) is 5.75 Å². The Labute approximate surface area is 187 Å². The summed E-state index contributed by atoms with van der Waals surface area (Å²) < 4.78 is 12.1. The summed E-state index contributed by atoms with van der Waals surface area (Å²) in [5, 5.41) is 11.9. The third-order valence-corrected chi connectivity index (χ3v) is 6.89. The summed E-state index contributed by atoms with van der Waals surface area (Å²) >= 11 is 1.51. The summed E-state index contributed by atoms with van der Waals surface area (Å²) in [5.74, 6) is 0.868. The van der Waals surface area contributed by atoms with Gasteiger partial charge >= 0.3 is 0 Å². The molecule has 0 atom stereocenters. The number of aliphatic hydroxyl groups is 1. The fraction of sp³-hybridized carbons (Fsp3) is 0.565. The van der Waals surface area contributed by atoms with Gasteiger partial charge in [-0.15, -0.1) is 11.3 Å². The number of carbonyl (C=O) groups excluding carboxylic acids is 1. The van der Waals surface area contributed by atoms with Crippen LogP contribution in [0.3, 0.4) is 0 Å². The summed E-state index contributed by atoms with van der Waals surface area (Å²) in [4.78, 5) is 21.5. The molecule has 0 radical (unpaired) electrons. The maximum absolute atomic E-state index is 12.8. The van der Waals surface area contributed by atoms with Crippen molar-refractivity contribution < 1.29 is 19.4 Å². The average Bonchev–Trinajstić information content (AvgIpc) is 3.22. The number of hydrogen-bond donors (Lipinski definition) is 1. The maximum Gasteiger partial charge on any atom is 0.273 e. The number of rotatable bonds is 7. The van der Waals surface area contributed by atoms with Crippen LogP contribution in [0.25, 0.3) is 0 Å². The van der Waals surface area contributed by atoms with E-state index in [0.29, 0.717) is 38.4 Å². The number of aliphatic hydroxyl groups excluding tert-OH is 1. The molecule has 1 amide bonds. The van der Waals surface area contributed by atoms with Crippen LogP contribution in [-0.4, -0.2) is 83.9 Å². The number of piperidine rings is 1. The molecule has 4 rings (SSSR count). The summed E-state index contributed by atoms with van der Waals surface area (Å²) in [5.41, 5.74) is 1.40. The average molecular weight is 446 g/mol. The SMILES string of the molecule is Cc1nc(C(=O)N2CCOC3(CCN(CCOc4cccc(CCO)c4)CC3)C2)cs1. The fourth-order valence-electron chi connectivity index (χ4n) is 4.34. The highest BCUT2D eigenvalue weighted by Crippen LogP contribution is 2.31. The second-order valence-electron chi connectivity index (χ2n) is 8.32. The molecule has 8 heteroatoms. The summed E-state index contributed by atoms with van der Waals surface area (Å²) in [7, 11) is 0. The molecule has 0 saturated carbocycles. The third kappa shape index (κ3) is 5.63. The molecule has 2 aromatic rings. The number of aryl methyl sites for hydroxylation is 1. The Hall–Kier alpha value is -2.00. The van der Waals surface area contributed by atoms with Gasteiger partial charge in [-0.05, 0) is 43.9 Å². The molecule has 0 bridgehead atoms. The van der Waals surface area contributed by atoms with E-state index < -0.39 is 0 Å². The van der Waals surface area contributed by atoms with Crippen LogP contribution >= 0.6 is 11.3 Å². The number of ether oxygens (including phenoxy) is 2. The van der Waals surface area contributed by atoms with Crippen molar-refractivity contribution in [2.45, 2.75) is 31.8 Å². The second kappa shape index (κ2) is 10.1. The Kier molecular flexibility index (Phi) is 7.22. The van der Waals surface area contributed by atoms with E-state index in [-0.39, 0.29) is 18.1 Å². The van der Waals surface area contributed by atoms with Crippen LogP contribution < -0.4 is 4.74 Å². The first-order chi connectivity index (χ1) is 15.1. The Morgan fingerprint density at radius 2 is 2.16 bits per heavy atom. The highest BCUT2D eigenvalue weighted by molar-refractivity contribution is 7.09. The van der Waals surface area contributed by atoms with E-state index in [1.165, 1.54) is 11.3 Å². The van der Waals surface area contributed by atoms with E-state index in [0.717, 1.165) is 48.8 Å². The van der Waals surface area contributed by atoms with Gasteiger partial charge in [0, 0.05) is 38.2 Å². The van der Waals surface area contributed by atoms with Crippen molar-refractivity contribution in [3.05, 3.63) is 45.9 Å². The Morgan fingerprint density at radius 1 is 1.32 bits per heavy atom. The van der Waals surface area contributed by atoms with Crippen LogP contribution in [0.15, 0.2) is 29.6 Å². The molecule has 31 heavy (non-hydrogen) atoms. The summed E-state index contributed by atoms with van der Waals surface area (Å²) in [6, 6.07) is 7.91. The molecule has 1 aromatic heterocycles. The lowest BCUT2D eigenvalue weighted by molar-refractivity contribution is -0.127.